The van der Waals surface area contributed by atoms with Gasteiger partial charge >= 0.3 is 0 Å². The van der Waals surface area contributed by atoms with Gasteiger partial charge in [-0.2, -0.15) is 5.10 Å². The molecule has 0 bridgehead atoms. The molecule has 0 saturated carbocycles. The smallest absolute Gasteiger partial charge is 0.271 e. The summed E-state index contributed by atoms with van der Waals surface area (Å²) in [4.78, 5) is 23.0. The van der Waals surface area contributed by atoms with Crippen molar-refractivity contribution in [2.45, 2.75) is 25.8 Å². The highest BCUT2D eigenvalue weighted by Crippen LogP contribution is 2.15. The van der Waals surface area contributed by atoms with Gasteiger partial charge in [-0.25, -0.2) is 0 Å². The number of nitrogens with two attached hydrogens (primary N) is 1. The number of hydrogen-bond acceptors (Lipinski definition) is 4. The van der Waals surface area contributed by atoms with Crippen LogP contribution in [0.3, 0.4) is 0 Å². The van der Waals surface area contributed by atoms with Gasteiger partial charge in [0.1, 0.15) is 5.69 Å². The average molecular weight is 251 g/mol. The molecule has 98 valence electrons. The van der Waals surface area contributed by atoms with Gasteiger partial charge in [-0.05, 0) is 13.3 Å². The first-order valence-corrected chi connectivity index (χ1v) is 5.85. The van der Waals surface area contributed by atoms with Crippen LogP contribution in [0.2, 0.25) is 0 Å². The zero-order valence-electron chi connectivity index (χ0n) is 10.5. The normalized spacial score (nSPS) is 18.8. The maximum absolute atomic E-state index is 12.0. The Hall–Kier alpha value is -2.05. The molecule has 7 heteroatoms. The van der Waals surface area contributed by atoms with Crippen molar-refractivity contribution in [1.82, 2.24) is 20.4 Å². The summed E-state index contributed by atoms with van der Waals surface area (Å²) in [5.74, 6) is -0.234. The lowest BCUT2D eigenvalue weighted by molar-refractivity contribution is -0.119. The van der Waals surface area contributed by atoms with Crippen LogP contribution in [0.15, 0.2) is 0 Å². The first kappa shape index (κ1) is 12.4. The molecule has 1 saturated heterocycles. The Morgan fingerprint density at radius 1 is 1.67 bits per heavy atom. The number of amides is 2. The van der Waals surface area contributed by atoms with E-state index in [9.17, 15) is 9.59 Å². The summed E-state index contributed by atoms with van der Waals surface area (Å²) in [5.41, 5.74) is 7.18. The van der Waals surface area contributed by atoms with E-state index in [1.165, 1.54) is 4.68 Å². The van der Waals surface area contributed by atoms with Crippen LogP contribution in [0.25, 0.3) is 0 Å². The molecule has 1 atom stereocenters. The number of aryl methyl sites for hydroxylation is 2. The molecule has 1 fully saturated rings. The molecule has 0 radical (unpaired) electrons. The van der Waals surface area contributed by atoms with Gasteiger partial charge in [0, 0.05) is 26.1 Å². The average Bonchev–Trinajstić information content (AvgIpc) is 2.82. The highest BCUT2D eigenvalue weighted by Gasteiger charge is 2.23. The predicted molar refractivity (Wildman–Crippen MR) is 65.9 cm³/mol. The van der Waals surface area contributed by atoms with E-state index in [4.69, 9.17) is 5.73 Å². The summed E-state index contributed by atoms with van der Waals surface area (Å²) >= 11 is 0. The van der Waals surface area contributed by atoms with E-state index in [1.807, 2.05) is 0 Å². The molecular weight excluding hydrogens is 234 g/mol. The van der Waals surface area contributed by atoms with E-state index in [0.717, 1.165) is 6.42 Å². The Kier molecular flexibility index (Phi) is 3.22. The molecule has 2 rings (SSSR count). The van der Waals surface area contributed by atoms with Gasteiger partial charge in [-0.15, -0.1) is 0 Å². The van der Waals surface area contributed by atoms with Crippen molar-refractivity contribution in [2.24, 2.45) is 7.05 Å². The van der Waals surface area contributed by atoms with E-state index >= 15 is 0 Å². The molecule has 2 heterocycles. The van der Waals surface area contributed by atoms with Crippen LogP contribution in [-0.2, 0) is 11.8 Å². The monoisotopic (exact) mass is 251 g/mol. The number of carbonyl (C=O) groups excluding carboxylic acids is 2. The van der Waals surface area contributed by atoms with Crippen LogP contribution in [-0.4, -0.2) is 34.2 Å². The minimum Gasteiger partial charge on any atom is -0.395 e. The van der Waals surface area contributed by atoms with Gasteiger partial charge in [0.25, 0.3) is 5.91 Å². The Labute approximate surface area is 105 Å². The molecule has 1 aliphatic heterocycles. The first-order chi connectivity index (χ1) is 8.49. The van der Waals surface area contributed by atoms with E-state index in [0.29, 0.717) is 30.0 Å². The summed E-state index contributed by atoms with van der Waals surface area (Å²) in [7, 11) is 1.68. The Balaban J connectivity index is 1.97. The zero-order chi connectivity index (χ0) is 13.3. The summed E-state index contributed by atoms with van der Waals surface area (Å²) < 4.78 is 1.47. The largest absolute Gasteiger partial charge is 0.395 e. The summed E-state index contributed by atoms with van der Waals surface area (Å²) in [5, 5.41) is 9.63. The molecular formula is C11H17N5O2. The van der Waals surface area contributed by atoms with Crippen LogP contribution >= 0.6 is 0 Å². The lowest BCUT2D eigenvalue weighted by Gasteiger charge is -2.11. The number of carbonyl (C=O) groups is 2. The fourth-order valence-electron chi connectivity index (χ4n) is 2.07. The Morgan fingerprint density at radius 3 is 2.89 bits per heavy atom. The van der Waals surface area contributed by atoms with Crippen molar-refractivity contribution in [2.75, 3.05) is 12.3 Å². The highest BCUT2D eigenvalue weighted by atomic mass is 16.2. The van der Waals surface area contributed by atoms with Crippen LogP contribution in [0.1, 0.15) is 29.0 Å². The fraction of sp³-hybridized carbons (Fsp3) is 0.545. The van der Waals surface area contributed by atoms with E-state index in [1.54, 1.807) is 14.0 Å². The lowest BCUT2D eigenvalue weighted by Crippen LogP contribution is -2.39. The molecule has 1 unspecified atom stereocenters. The van der Waals surface area contributed by atoms with Gasteiger partial charge in [-0.3, -0.25) is 14.3 Å². The SMILES string of the molecule is Cc1nn(C)c(C(=O)NCC2CCC(=O)N2)c1N. The van der Waals surface area contributed by atoms with Gasteiger partial charge in [0.15, 0.2) is 0 Å². The Bertz CT molecular complexity index is 494. The van der Waals surface area contributed by atoms with Gasteiger partial charge < -0.3 is 16.4 Å². The second-order valence-corrected chi connectivity index (χ2v) is 4.48. The second-order valence-electron chi connectivity index (χ2n) is 4.48. The molecule has 1 aromatic rings. The van der Waals surface area contributed by atoms with Crippen molar-refractivity contribution in [3.63, 3.8) is 0 Å². The molecule has 18 heavy (non-hydrogen) atoms. The fourth-order valence-corrected chi connectivity index (χ4v) is 2.07. The maximum Gasteiger partial charge on any atom is 0.271 e. The summed E-state index contributed by atoms with van der Waals surface area (Å²) in [6.07, 6.45) is 1.27. The third-order valence-corrected chi connectivity index (χ3v) is 3.08. The summed E-state index contributed by atoms with van der Waals surface area (Å²) in [6.45, 7) is 2.16. The van der Waals surface area contributed by atoms with Crippen molar-refractivity contribution < 1.29 is 9.59 Å². The number of aromatic nitrogens is 2. The molecule has 0 spiro atoms. The number of nitrogen functional groups attached to an aromatic ring is 1. The minimum absolute atomic E-state index is 0.0111. The number of rotatable bonds is 3. The maximum atomic E-state index is 12.0. The third-order valence-electron chi connectivity index (χ3n) is 3.08. The number of nitrogens with zero attached hydrogens (tertiary/aromatic N) is 2. The highest BCUT2D eigenvalue weighted by molar-refractivity contribution is 5.98. The second kappa shape index (κ2) is 4.67. The number of hydrogen-bond donors (Lipinski definition) is 3. The molecule has 1 aliphatic rings. The topological polar surface area (TPSA) is 102 Å². The van der Waals surface area contributed by atoms with E-state index < -0.39 is 0 Å². The van der Waals surface area contributed by atoms with Crippen molar-refractivity contribution in [3.05, 3.63) is 11.4 Å². The molecule has 7 nitrogen and oxygen atoms in total. The van der Waals surface area contributed by atoms with E-state index in [-0.39, 0.29) is 17.9 Å². The summed E-state index contributed by atoms with van der Waals surface area (Å²) in [6, 6.07) is 0.0111. The molecule has 2 amide bonds. The van der Waals surface area contributed by atoms with E-state index in [2.05, 4.69) is 15.7 Å². The van der Waals surface area contributed by atoms with Crippen molar-refractivity contribution in [3.8, 4) is 0 Å². The van der Waals surface area contributed by atoms with Gasteiger partial charge in [0.2, 0.25) is 5.91 Å². The number of nitrogens with one attached hydrogen (secondary N) is 2. The van der Waals surface area contributed by atoms with Crippen LogP contribution in [0.4, 0.5) is 5.69 Å². The molecule has 1 aromatic heterocycles. The molecule has 0 aliphatic carbocycles. The van der Waals surface area contributed by atoms with Gasteiger partial charge in [-0.1, -0.05) is 0 Å². The minimum atomic E-state index is -0.267. The number of anilines is 1. The Morgan fingerprint density at radius 2 is 2.39 bits per heavy atom. The van der Waals surface area contributed by atoms with Crippen LogP contribution in [0.5, 0.6) is 0 Å². The van der Waals surface area contributed by atoms with Gasteiger partial charge in [0.05, 0.1) is 11.4 Å². The standard InChI is InChI=1S/C11H17N5O2/c1-6-9(12)10(16(2)15-6)11(18)13-5-7-3-4-8(17)14-7/h7H,3-5,12H2,1-2H3,(H,13,18)(H,14,17). The predicted octanol–water partition coefficient (Wildman–Crippen LogP) is -0.681. The first-order valence-electron chi connectivity index (χ1n) is 5.85. The van der Waals surface area contributed by atoms with Crippen molar-refractivity contribution in [1.29, 1.82) is 0 Å². The van der Waals surface area contributed by atoms with Crippen molar-refractivity contribution >= 4 is 17.5 Å². The van der Waals surface area contributed by atoms with Crippen LogP contribution < -0.4 is 16.4 Å². The molecule has 0 aromatic carbocycles. The van der Waals surface area contributed by atoms with Crippen LogP contribution in [0, 0.1) is 6.92 Å². The zero-order valence-corrected chi connectivity index (χ0v) is 10.5. The lowest BCUT2D eigenvalue weighted by atomic mass is 10.2. The molecule has 4 N–H and O–H groups in total. The third kappa shape index (κ3) is 2.29. The quantitative estimate of drug-likeness (QED) is 0.662.